The molecule has 2 amide bonds. The van der Waals surface area contributed by atoms with Crippen LogP contribution < -0.4 is 9.46 Å². The van der Waals surface area contributed by atoms with E-state index in [1.54, 1.807) is 4.90 Å². The van der Waals surface area contributed by atoms with E-state index in [-0.39, 0.29) is 40.9 Å². The molecule has 1 heterocycles. The monoisotopic (exact) mass is 587 g/mol. The summed E-state index contributed by atoms with van der Waals surface area (Å²) in [6, 6.07) is 7.78. The average molecular weight is 588 g/mol. The van der Waals surface area contributed by atoms with Gasteiger partial charge in [0.1, 0.15) is 11.4 Å². The first-order valence-corrected chi connectivity index (χ1v) is 14.2. The van der Waals surface area contributed by atoms with Crippen molar-refractivity contribution in [3.05, 3.63) is 64.2 Å². The van der Waals surface area contributed by atoms with Gasteiger partial charge in [0.25, 0.3) is 11.8 Å². The van der Waals surface area contributed by atoms with Crippen LogP contribution in [0.1, 0.15) is 38.8 Å². The molecule has 2 N–H and O–H groups in total. The van der Waals surface area contributed by atoms with E-state index in [9.17, 15) is 31.9 Å². The van der Waals surface area contributed by atoms with Crippen molar-refractivity contribution in [2.45, 2.75) is 57.7 Å². The summed E-state index contributed by atoms with van der Waals surface area (Å²) in [6.45, 7) is 7.00. The standard InChI is InChI=1S/C26H32ClF2N3O6S/c1-16-12-32(17(2)11-31(16)13-18-5-7-21(28)22(29)9-18)24(33)14-38-23-8-6-20(27)10-19(23)15-39(36,37)30-25(34)26(3,4)35/h5-10,16-17,35H,11-15H2,1-4H3,(H,30,34)/t16-,17+/m0/s1. The number of aliphatic hydroxyl groups is 1. The minimum atomic E-state index is -4.21. The Kier molecular flexibility index (Phi) is 9.58. The van der Waals surface area contributed by atoms with Crippen molar-refractivity contribution in [2.24, 2.45) is 0 Å². The second-order valence-electron chi connectivity index (χ2n) is 10.2. The molecule has 0 aromatic heterocycles. The van der Waals surface area contributed by atoms with Crippen molar-refractivity contribution in [3.63, 3.8) is 0 Å². The molecule has 1 saturated heterocycles. The summed E-state index contributed by atoms with van der Waals surface area (Å²) < 4.78 is 59.4. The highest BCUT2D eigenvalue weighted by Crippen LogP contribution is 2.26. The van der Waals surface area contributed by atoms with Gasteiger partial charge in [-0.25, -0.2) is 17.2 Å². The summed E-state index contributed by atoms with van der Waals surface area (Å²) in [7, 11) is -4.21. The maximum atomic E-state index is 13.6. The summed E-state index contributed by atoms with van der Waals surface area (Å²) in [5.41, 5.74) is -1.15. The van der Waals surface area contributed by atoms with Gasteiger partial charge >= 0.3 is 0 Å². The maximum absolute atomic E-state index is 13.6. The molecule has 39 heavy (non-hydrogen) atoms. The van der Waals surface area contributed by atoms with Gasteiger partial charge in [0, 0.05) is 42.3 Å². The molecule has 1 aliphatic heterocycles. The molecule has 1 aliphatic rings. The Morgan fingerprint density at radius 1 is 1.10 bits per heavy atom. The number of sulfonamides is 1. The van der Waals surface area contributed by atoms with Crippen molar-refractivity contribution >= 4 is 33.4 Å². The number of amides is 2. The number of nitrogens with one attached hydrogen (secondary N) is 1. The van der Waals surface area contributed by atoms with Gasteiger partial charge in [-0.2, -0.15) is 0 Å². The summed E-state index contributed by atoms with van der Waals surface area (Å²) in [5, 5.41) is 9.97. The third-order valence-electron chi connectivity index (χ3n) is 6.33. The Labute approximate surface area is 231 Å². The molecule has 0 spiro atoms. The van der Waals surface area contributed by atoms with Gasteiger partial charge in [0.2, 0.25) is 10.0 Å². The highest BCUT2D eigenvalue weighted by atomic mass is 35.5. The van der Waals surface area contributed by atoms with Gasteiger partial charge in [-0.15, -0.1) is 0 Å². The Morgan fingerprint density at radius 2 is 1.79 bits per heavy atom. The van der Waals surface area contributed by atoms with Gasteiger partial charge in [-0.05, 0) is 63.6 Å². The zero-order valence-electron chi connectivity index (χ0n) is 22.1. The number of rotatable bonds is 9. The number of halogens is 3. The predicted molar refractivity (Wildman–Crippen MR) is 141 cm³/mol. The number of hydrogen-bond donors (Lipinski definition) is 2. The molecule has 3 rings (SSSR count). The van der Waals surface area contributed by atoms with Crippen molar-refractivity contribution in [1.29, 1.82) is 0 Å². The predicted octanol–water partition coefficient (Wildman–Crippen LogP) is 2.84. The second-order valence-corrected chi connectivity index (χ2v) is 12.4. The fraction of sp³-hybridized carbons (Fsp3) is 0.462. The van der Waals surface area contributed by atoms with Crippen molar-refractivity contribution in [1.82, 2.24) is 14.5 Å². The lowest BCUT2D eigenvalue weighted by atomic mass is 10.1. The number of carbonyl (C=O) groups is 2. The van der Waals surface area contributed by atoms with Crippen molar-refractivity contribution < 1.29 is 36.6 Å². The first-order valence-electron chi connectivity index (χ1n) is 12.2. The first-order chi connectivity index (χ1) is 18.1. The van der Waals surface area contributed by atoms with E-state index in [2.05, 4.69) is 4.90 Å². The molecule has 1 fully saturated rings. The van der Waals surface area contributed by atoms with E-state index < -0.39 is 38.9 Å². The molecule has 13 heteroatoms. The number of piperazine rings is 1. The van der Waals surface area contributed by atoms with Crippen LogP contribution in [0.5, 0.6) is 5.75 Å². The van der Waals surface area contributed by atoms with Gasteiger partial charge in [-0.3, -0.25) is 19.2 Å². The van der Waals surface area contributed by atoms with E-state index in [1.165, 1.54) is 24.3 Å². The van der Waals surface area contributed by atoms with E-state index in [0.29, 0.717) is 25.2 Å². The number of carbonyl (C=O) groups excluding carboxylic acids is 2. The van der Waals surface area contributed by atoms with Crippen LogP contribution in [0.4, 0.5) is 8.78 Å². The summed E-state index contributed by atoms with van der Waals surface area (Å²) >= 11 is 6.03. The quantitative estimate of drug-likeness (QED) is 0.463. The van der Waals surface area contributed by atoms with E-state index in [0.717, 1.165) is 26.0 Å². The van der Waals surface area contributed by atoms with Crippen LogP contribution in [0.25, 0.3) is 0 Å². The lowest BCUT2D eigenvalue weighted by Gasteiger charge is -2.44. The molecule has 2 atom stereocenters. The molecule has 0 saturated carbocycles. The van der Waals surface area contributed by atoms with Crippen molar-refractivity contribution in [2.75, 3.05) is 19.7 Å². The molecule has 0 radical (unpaired) electrons. The maximum Gasteiger partial charge on any atom is 0.264 e. The van der Waals surface area contributed by atoms with Crippen LogP contribution in [-0.2, 0) is 31.9 Å². The molecule has 9 nitrogen and oxygen atoms in total. The number of ether oxygens (including phenoxy) is 1. The molecule has 0 bridgehead atoms. The molecule has 214 valence electrons. The van der Waals surface area contributed by atoms with E-state index >= 15 is 0 Å². The fourth-order valence-corrected chi connectivity index (χ4v) is 5.60. The van der Waals surface area contributed by atoms with Crippen LogP contribution in [0.2, 0.25) is 5.02 Å². The molecule has 0 aliphatic carbocycles. The second kappa shape index (κ2) is 12.2. The van der Waals surface area contributed by atoms with Gasteiger partial charge in [0.15, 0.2) is 18.2 Å². The molecule has 2 aromatic rings. The molecular formula is C26H32ClF2N3O6S. The summed E-state index contributed by atoms with van der Waals surface area (Å²) in [5.74, 6) is -3.79. The Bertz CT molecular complexity index is 1340. The van der Waals surface area contributed by atoms with E-state index in [4.69, 9.17) is 16.3 Å². The Balaban J connectivity index is 1.64. The van der Waals surface area contributed by atoms with Crippen LogP contribution in [-0.4, -0.2) is 72.5 Å². The molecular weight excluding hydrogens is 556 g/mol. The minimum absolute atomic E-state index is 0.0751. The van der Waals surface area contributed by atoms with Crippen LogP contribution >= 0.6 is 11.6 Å². The van der Waals surface area contributed by atoms with Crippen LogP contribution in [0.3, 0.4) is 0 Å². The molecule has 0 unspecified atom stereocenters. The lowest BCUT2D eigenvalue weighted by Crippen LogP contribution is -2.58. The third-order valence-corrected chi connectivity index (χ3v) is 7.75. The largest absolute Gasteiger partial charge is 0.483 e. The third kappa shape index (κ3) is 8.34. The fourth-order valence-electron chi connectivity index (χ4n) is 4.17. The van der Waals surface area contributed by atoms with Gasteiger partial charge in [0.05, 0.1) is 5.75 Å². The highest BCUT2D eigenvalue weighted by molar-refractivity contribution is 7.89. The zero-order valence-corrected chi connectivity index (χ0v) is 23.7. The highest BCUT2D eigenvalue weighted by Gasteiger charge is 2.33. The van der Waals surface area contributed by atoms with Gasteiger partial charge in [-0.1, -0.05) is 17.7 Å². The Hall–Kier alpha value is -2.80. The van der Waals surface area contributed by atoms with Crippen LogP contribution in [0.15, 0.2) is 36.4 Å². The minimum Gasteiger partial charge on any atom is -0.483 e. The number of nitrogens with zero attached hydrogens (tertiary/aromatic N) is 2. The first kappa shape index (κ1) is 30.7. The SMILES string of the molecule is C[C@@H]1CN(Cc2ccc(F)c(F)c2)[C@@H](C)CN1C(=O)COc1ccc(Cl)cc1CS(=O)(=O)NC(=O)C(C)(C)O. The molecule has 2 aromatic carbocycles. The Morgan fingerprint density at radius 3 is 2.44 bits per heavy atom. The van der Waals surface area contributed by atoms with Crippen molar-refractivity contribution in [3.8, 4) is 5.75 Å². The summed E-state index contributed by atoms with van der Waals surface area (Å²) in [6.07, 6.45) is 0. The number of hydrogen-bond acceptors (Lipinski definition) is 7. The normalized spacial score (nSPS) is 18.6. The smallest absolute Gasteiger partial charge is 0.264 e. The van der Waals surface area contributed by atoms with Crippen LogP contribution in [0, 0.1) is 11.6 Å². The lowest BCUT2D eigenvalue weighted by molar-refractivity contribution is -0.139. The zero-order chi connectivity index (χ0) is 29.1. The average Bonchev–Trinajstić information content (AvgIpc) is 2.81. The van der Waals surface area contributed by atoms with Gasteiger partial charge < -0.3 is 14.7 Å². The topological polar surface area (TPSA) is 116 Å². The number of benzene rings is 2. The summed E-state index contributed by atoms with van der Waals surface area (Å²) in [4.78, 5) is 28.7. The van der Waals surface area contributed by atoms with E-state index in [1.807, 2.05) is 18.6 Å².